The fourth-order valence-corrected chi connectivity index (χ4v) is 10.4. The van der Waals surface area contributed by atoms with Crippen LogP contribution in [-0.4, -0.2) is 48.6 Å². The van der Waals surface area contributed by atoms with E-state index in [1.165, 1.54) is 0 Å². The molecular weight excluding hydrogens is 546 g/mol. The molecule has 1 amide bonds. The fraction of sp³-hybridized carbons (Fsp3) is 0.789. The van der Waals surface area contributed by atoms with Crippen molar-refractivity contribution >= 4 is 17.5 Å². The van der Waals surface area contributed by atoms with Gasteiger partial charge < -0.3 is 10.2 Å². The van der Waals surface area contributed by atoms with Crippen molar-refractivity contribution in [3.05, 3.63) is 23.3 Å². The number of nitrogens with one attached hydrogen (secondary N) is 1. The summed E-state index contributed by atoms with van der Waals surface area (Å²) in [4.78, 5) is 43.0. The Morgan fingerprint density at radius 2 is 1.59 bits per heavy atom. The van der Waals surface area contributed by atoms with Gasteiger partial charge in [0.1, 0.15) is 6.07 Å². The van der Waals surface area contributed by atoms with Crippen LogP contribution in [0.2, 0.25) is 0 Å². The van der Waals surface area contributed by atoms with E-state index in [1.807, 2.05) is 30.9 Å². The summed E-state index contributed by atoms with van der Waals surface area (Å²) in [5, 5.41) is 13.3. The molecule has 0 aromatic rings. The van der Waals surface area contributed by atoms with Crippen molar-refractivity contribution in [2.45, 2.75) is 120 Å². The monoisotopic (exact) mass is 603 g/mol. The zero-order chi connectivity index (χ0) is 32.3. The molecule has 6 nitrogen and oxygen atoms in total. The molecule has 5 rings (SSSR count). The Morgan fingerprint density at radius 3 is 2.25 bits per heavy atom. The van der Waals surface area contributed by atoms with Crippen molar-refractivity contribution in [2.24, 2.45) is 44.3 Å². The summed E-state index contributed by atoms with van der Waals surface area (Å²) in [5.74, 6) is 0.434. The first kappa shape index (κ1) is 33.1. The van der Waals surface area contributed by atoms with E-state index in [4.69, 9.17) is 0 Å². The lowest BCUT2D eigenvalue weighted by molar-refractivity contribution is -0.139. The minimum absolute atomic E-state index is 0.0147. The van der Waals surface area contributed by atoms with E-state index >= 15 is 0 Å². The summed E-state index contributed by atoms with van der Waals surface area (Å²) < 4.78 is 0. The maximum absolute atomic E-state index is 14.4. The van der Waals surface area contributed by atoms with Gasteiger partial charge in [0.25, 0.3) is 0 Å². The molecule has 3 fully saturated rings. The normalized spacial score (nSPS) is 40.4. The van der Waals surface area contributed by atoms with Crippen LogP contribution in [0.15, 0.2) is 23.3 Å². The van der Waals surface area contributed by atoms with Crippen molar-refractivity contribution < 1.29 is 14.4 Å². The van der Waals surface area contributed by atoms with Crippen molar-refractivity contribution in [1.82, 2.24) is 10.2 Å². The quantitative estimate of drug-likeness (QED) is 0.369. The van der Waals surface area contributed by atoms with Gasteiger partial charge in [-0.2, -0.15) is 5.26 Å². The molecule has 1 heterocycles. The molecule has 44 heavy (non-hydrogen) atoms. The number of Topliss-reactive ketones (excluding diaryl/α,β-unsaturated/α-hetero) is 1. The molecule has 2 saturated carbocycles. The Bertz CT molecular complexity index is 1310. The first-order valence-corrected chi connectivity index (χ1v) is 17.4. The van der Waals surface area contributed by atoms with Crippen LogP contribution in [0.25, 0.3) is 0 Å². The molecule has 0 aromatic heterocycles. The molecule has 0 aromatic carbocycles. The molecule has 0 spiro atoms. The first-order valence-electron chi connectivity index (χ1n) is 17.4. The Labute approximate surface area is 266 Å². The molecule has 1 unspecified atom stereocenters. The average molecular weight is 604 g/mol. The number of hydrogen-bond acceptors (Lipinski definition) is 5. The number of fused-ring (bicyclic) bond motifs is 5. The SMILES string of the molecule is CC1(C)CCC2C(=O)C=C3[C@@]4(C)C=C(C#N)C(=O)C(C)(C)[C@@H]4CC[C@@]3(C)[C@]2(C)CC[C@@](C)(CCC(=O)N2CCNCC2)CC1. The highest BCUT2D eigenvalue weighted by atomic mass is 16.2. The highest BCUT2D eigenvalue weighted by Crippen LogP contribution is 2.70. The molecule has 0 radical (unpaired) electrons. The van der Waals surface area contributed by atoms with Crippen LogP contribution in [0.4, 0.5) is 0 Å². The molecule has 1 saturated heterocycles. The third-order valence-corrected chi connectivity index (χ3v) is 13.9. The Balaban J connectivity index is 1.52. The smallest absolute Gasteiger partial charge is 0.222 e. The van der Waals surface area contributed by atoms with Gasteiger partial charge in [0.15, 0.2) is 11.6 Å². The summed E-state index contributed by atoms with van der Waals surface area (Å²) >= 11 is 0. The summed E-state index contributed by atoms with van der Waals surface area (Å²) in [5.41, 5.74) is -0.148. The molecule has 6 heteroatoms. The van der Waals surface area contributed by atoms with Gasteiger partial charge in [0, 0.05) is 49.3 Å². The lowest BCUT2D eigenvalue weighted by Crippen LogP contribution is -2.60. The second-order valence-electron chi connectivity index (χ2n) is 17.5. The number of carbonyl (C=O) groups excluding carboxylic acids is 3. The van der Waals surface area contributed by atoms with Crippen LogP contribution in [-0.2, 0) is 14.4 Å². The summed E-state index contributed by atoms with van der Waals surface area (Å²) in [6.07, 6.45) is 13.2. The minimum Gasteiger partial charge on any atom is -0.340 e. The Kier molecular flexibility index (Phi) is 8.44. The maximum Gasteiger partial charge on any atom is 0.222 e. The Hall–Kier alpha value is -2.26. The predicted octanol–water partition coefficient (Wildman–Crippen LogP) is 7.20. The number of carbonyl (C=O) groups is 3. The zero-order valence-corrected chi connectivity index (χ0v) is 28.8. The molecule has 6 atom stereocenters. The van der Waals surface area contributed by atoms with Gasteiger partial charge in [-0.05, 0) is 91.4 Å². The van der Waals surface area contributed by atoms with Gasteiger partial charge in [-0.15, -0.1) is 0 Å². The van der Waals surface area contributed by atoms with E-state index < -0.39 is 10.8 Å². The third kappa shape index (κ3) is 5.33. The van der Waals surface area contributed by atoms with Crippen molar-refractivity contribution in [3.63, 3.8) is 0 Å². The average Bonchev–Trinajstić information content (AvgIpc) is 2.97. The summed E-state index contributed by atoms with van der Waals surface area (Å²) in [6.45, 7) is 21.4. The number of allylic oxidation sites excluding steroid dienone is 4. The van der Waals surface area contributed by atoms with Gasteiger partial charge in [0.2, 0.25) is 5.91 Å². The van der Waals surface area contributed by atoms with E-state index in [9.17, 15) is 19.6 Å². The number of amides is 1. The molecule has 1 N–H and O–H groups in total. The van der Waals surface area contributed by atoms with Crippen LogP contribution >= 0.6 is 0 Å². The number of hydrogen-bond donors (Lipinski definition) is 1. The van der Waals surface area contributed by atoms with E-state index in [1.54, 1.807) is 0 Å². The van der Waals surface area contributed by atoms with Gasteiger partial charge >= 0.3 is 0 Å². The second kappa shape index (κ2) is 11.2. The van der Waals surface area contributed by atoms with Gasteiger partial charge in [-0.1, -0.05) is 67.0 Å². The predicted molar refractivity (Wildman–Crippen MR) is 174 cm³/mol. The number of nitrogens with zero attached hydrogens (tertiary/aromatic N) is 2. The lowest BCUT2D eigenvalue weighted by atomic mass is 9.38. The first-order chi connectivity index (χ1) is 20.4. The second-order valence-corrected chi connectivity index (χ2v) is 17.5. The van der Waals surface area contributed by atoms with Crippen molar-refractivity contribution in [3.8, 4) is 6.07 Å². The van der Waals surface area contributed by atoms with Crippen molar-refractivity contribution in [1.29, 1.82) is 5.26 Å². The van der Waals surface area contributed by atoms with E-state index in [0.717, 1.165) is 89.5 Å². The van der Waals surface area contributed by atoms with Gasteiger partial charge in [-0.3, -0.25) is 14.4 Å². The van der Waals surface area contributed by atoms with Crippen LogP contribution in [0.3, 0.4) is 0 Å². The van der Waals surface area contributed by atoms with Crippen LogP contribution in [0, 0.1) is 55.7 Å². The van der Waals surface area contributed by atoms with Crippen LogP contribution in [0.1, 0.15) is 120 Å². The Morgan fingerprint density at radius 1 is 0.932 bits per heavy atom. The highest BCUT2D eigenvalue weighted by Gasteiger charge is 2.65. The van der Waals surface area contributed by atoms with Crippen molar-refractivity contribution in [2.75, 3.05) is 26.2 Å². The molecule has 5 aliphatic rings. The molecule has 4 aliphatic carbocycles. The number of ketones is 2. The molecule has 0 bridgehead atoms. The topological polar surface area (TPSA) is 90.3 Å². The van der Waals surface area contributed by atoms with Gasteiger partial charge in [-0.25, -0.2) is 0 Å². The van der Waals surface area contributed by atoms with Crippen LogP contribution in [0.5, 0.6) is 0 Å². The summed E-state index contributed by atoms with van der Waals surface area (Å²) in [6, 6.07) is 2.22. The zero-order valence-electron chi connectivity index (χ0n) is 28.8. The largest absolute Gasteiger partial charge is 0.340 e. The molecule has 242 valence electrons. The maximum atomic E-state index is 14.4. The minimum atomic E-state index is -0.659. The lowest BCUT2D eigenvalue weighted by Gasteiger charge is -2.65. The van der Waals surface area contributed by atoms with Crippen LogP contribution < -0.4 is 5.32 Å². The van der Waals surface area contributed by atoms with E-state index in [2.05, 4.69) is 52.9 Å². The van der Waals surface area contributed by atoms with E-state index in [0.29, 0.717) is 6.42 Å². The molecule has 1 aliphatic heterocycles. The fourth-order valence-electron chi connectivity index (χ4n) is 10.4. The number of rotatable bonds is 3. The summed E-state index contributed by atoms with van der Waals surface area (Å²) in [7, 11) is 0. The van der Waals surface area contributed by atoms with E-state index in [-0.39, 0.29) is 56.5 Å². The number of nitriles is 1. The van der Waals surface area contributed by atoms with Gasteiger partial charge in [0.05, 0.1) is 5.57 Å². The highest BCUT2D eigenvalue weighted by molar-refractivity contribution is 6.04. The third-order valence-electron chi connectivity index (χ3n) is 13.9. The molecular formula is C38H57N3O3. The number of piperazine rings is 1. The standard InChI is InChI=1S/C38H57N3O3/c1-33(2)12-9-27-28(42)23-30-36(6)24-26(25-39)32(44)34(3,4)29(36)10-14-38(30,8)37(27,7)18-17-35(5,16-15-33)13-11-31(43)41-21-19-40-20-22-41/h23-24,27,29,40H,9-22H2,1-8H3/t27?,29-,35-,36-,37+,38+/m0/s1.